The summed E-state index contributed by atoms with van der Waals surface area (Å²) < 4.78 is 67.8. The zero-order valence-corrected chi connectivity index (χ0v) is 20.6. The maximum Gasteiger partial charge on any atom is 0.416 e. The van der Waals surface area contributed by atoms with Crippen molar-refractivity contribution in [1.82, 2.24) is 10.3 Å². The first-order valence-corrected chi connectivity index (χ1v) is 13.0. The zero-order valence-electron chi connectivity index (χ0n) is 19.7. The molecule has 0 aliphatic rings. The summed E-state index contributed by atoms with van der Waals surface area (Å²) in [7, 11) is -3.28. The lowest BCUT2D eigenvalue weighted by Crippen LogP contribution is -2.22. The molecular formula is C27H23F3N2O4S. The van der Waals surface area contributed by atoms with E-state index in [-0.39, 0.29) is 29.7 Å². The minimum absolute atomic E-state index is 0.0162. The quantitative estimate of drug-likeness (QED) is 0.324. The van der Waals surface area contributed by atoms with E-state index < -0.39 is 21.6 Å². The van der Waals surface area contributed by atoms with E-state index in [1.807, 2.05) is 0 Å². The molecule has 1 N–H and O–H groups in total. The van der Waals surface area contributed by atoms with Crippen LogP contribution in [0.25, 0.3) is 10.8 Å². The summed E-state index contributed by atoms with van der Waals surface area (Å²) in [5.74, 6) is 0.00483. The first kappa shape index (κ1) is 26.2. The lowest BCUT2D eigenvalue weighted by atomic mass is 10.1. The van der Waals surface area contributed by atoms with Gasteiger partial charge in [-0.1, -0.05) is 31.2 Å². The fourth-order valence-corrected chi connectivity index (χ4v) is 4.50. The van der Waals surface area contributed by atoms with E-state index in [0.717, 1.165) is 17.7 Å². The van der Waals surface area contributed by atoms with Crippen molar-refractivity contribution < 1.29 is 31.1 Å². The first-order valence-electron chi connectivity index (χ1n) is 11.3. The molecular weight excluding hydrogens is 505 g/mol. The van der Waals surface area contributed by atoms with Crippen LogP contribution in [0.1, 0.15) is 34.0 Å². The molecule has 0 spiro atoms. The highest BCUT2D eigenvalue weighted by Crippen LogP contribution is 2.30. The highest BCUT2D eigenvalue weighted by molar-refractivity contribution is 7.91. The Morgan fingerprint density at radius 1 is 0.946 bits per heavy atom. The second-order valence-electron chi connectivity index (χ2n) is 8.27. The molecule has 0 aliphatic heterocycles. The number of sulfone groups is 1. The zero-order chi connectivity index (χ0) is 26.6. The number of amides is 1. The number of halogens is 3. The highest BCUT2D eigenvalue weighted by Gasteiger charge is 2.29. The molecule has 0 saturated carbocycles. The summed E-state index contributed by atoms with van der Waals surface area (Å²) >= 11 is 0. The van der Waals surface area contributed by atoms with Gasteiger partial charge in [0.25, 0.3) is 5.91 Å². The number of hydrogen-bond donors (Lipinski definition) is 1. The summed E-state index contributed by atoms with van der Waals surface area (Å²) in [5, 5.41) is 4.17. The molecule has 0 unspecified atom stereocenters. The molecule has 37 heavy (non-hydrogen) atoms. The average molecular weight is 529 g/mol. The van der Waals surface area contributed by atoms with Gasteiger partial charge in [0.15, 0.2) is 9.84 Å². The van der Waals surface area contributed by atoms with Crippen LogP contribution in [0.3, 0.4) is 0 Å². The normalized spacial score (nSPS) is 11.9. The number of hydrogen-bond acceptors (Lipinski definition) is 5. The van der Waals surface area contributed by atoms with Gasteiger partial charge in [0.1, 0.15) is 6.61 Å². The number of alkyl halides is 3. The fourth-order valence-electron chi connectivity index (χ4n) is 3.61. The van der Waals surface area contributed by atoms with Crippen molar-refractivity contribution in [2.75, 3.05) is 5.75 Å². The van der Waals surface area contributed by atoms with E-state index >= 15 is 0 Å². The smallest absolute Gasteiger partial charge is 0.416 e. The van der Waals surface area contributed by atoms with E-state index in [0.29, 0.717) is 27.8 Å². The third-order valence-electron chi connectivity index (χ3n) is 5.76. The van der Waals surface area contributed by atoms with Crippen molar-refractivity contribution in [2.45, 2.75) is 31.1 Å². The van der Waals surface area contributed by atoms with Crippen molar-refractivity contribution in [3.63, 3.8) is 0 Å². The largest absolute Gasteiger partial charge is 0.472 e. The van der Waals surface area contributed by atoms with Gasteiger partial charge in [0, 0.05) is 23.7 Å². The number of carbonyl (C=O) groups excluding carboxylic acids is 1. The number of nitrogens with one attached hydrogen (secondary N) is 1. The molecule has 0 saturated heterocycles. The van der Waals surface area contributed by atoms with Crippen LogP contribution in [0, 0.1) is 0 Å². The number of rotatable bonds is 8. The summed E-state index contributed by atoms with van der Waals surface area (Å²) in [4.78, 5) is 17.1. The van der Waals surface area contributed by atoms with Crippen LogP contribution < -0.4 is 10.1 Å². The summed E-state index contributed by atoms with van der Waals surface area (Å²) in [6.45, 7) is 1.84. The Kier molecular flexibility index (Phi) is 7.49. The summed E-state index contributed by atoms with van der Waals surface area (Å²) in [5.41, 5.74) is 1.000. The number of carbonyl (C=O) groups is 1. The second kappa shape index (κ2) is 10.6. The highest BCUT2D eigenvalue weighted by atomic mass is 32.2. The van der Waals surface area contributed by atoms with Gasteiger partial charge in [0.05, 0.1) is 16.2 Å². The molecule has 6 nitrogen and oxygen atoms in total. The number of benzene rings is 3. The predicted molar refractivity (Wildman–Crippen MR) is 133 cm³/mol. The minimum atomic E-state index is -4.40. The molecule has 0 radical (unpaired) electrons. The van der Waals surface area contributed by atoms with Crippen molar-refractivity contribution in [2.24, 2.45) is 0 Å². The van der Waals surface area contributed by atoms with Gasteiger partial charge in [0.2, 0.25) is 5.88 Å². The van der Waals surface area contributed by atoms with Crippen LogP contribution in [-0.4, -0.2) is 25.1 Å². The van der Waals surface area contributed by atoms with Gasteiger partial charge in [-0.2, -0.15) is 13.2 Å². The maximum atomic E-state index is 12.7. The van der Waals surface area contributed by atoms with Crippen LogP contribution in [0.2, 0.25) is 0 Å². The Balaban J connectivity index is 1.41. The molecule has 0 aliphatic carbocycles. The van der Waals surface area contributed by atoms with E-state index in [4.69, 9.17) is 4.74 Å². The van der Waals surface area contributed by atoms with Crippen molar-refractivity contribution in [3.05, 3.63) is 101 Å². The average Bonchev–Trinajstić information content (AvgIpc) is 2.90. The lowest BCUT2D eigenvalue weighted by Gasteiger charge is -2.11. The van der Waals surface area contributed by atoms with Crippen LogP contribution >= 0.6 is 0 Å². The molecule has 0 fully saturated rings. The fraction of sp³-hybridized carbons (Fsp3) is 0.185. The predicted octanol–water partition coefficient (Wildman–Crippen LogP) is 5.56. The third-order valence-corrected chi connectivity index (χ3v) is 7.51. The van der Waals surface area contributed by atoms with Crippen LogP contribution in [-0.2, 0) is 29.2 Å². The Hall–Kier alpha value is -3.92. The third kappa shape index (κ3) is 6.26. The van der Waals surface area contributed by atoms with Gasteiger partial charge in [-0.15, -0.1) is 0 Å². The van der Waals surface area contributed by atoms with Gasteiger partial charge in [-0.05, 0) is 65.0 Å². The summed E-state index contributed by atoms with van der Waals surface area (Å²) in [6, 6.07) is 17.8. The van der Waals surface area contributed by atoms with E-state index in [1.54, 1.807) is 43.3 Å². The van der Waals surface area contributed by atoms with Gasteiger partial charge in [-0.25, -0.2) is 13.4 Å². The Bertz CT molecular complexity index is 1520. The number of ether oxygens (including phenoxy) is 1. The Morgan fingerprint density at radius 3 is 2.27 bits per heavy atom. The molecule has 192 valence electrons. The van der Waals surface area contributed by atoms with Gasteiger partial charge >= 0.3 is 6.18 Å². The van der Waals surface area contributed by atoms with Gasteiger partial charge < -0.3 is 10.1 Å². The van der Waals surface area contributed by atoms with Crippen molar-refractivity contribution in [1.29, 1.82) is 0 Å². The van der Waals surface area contributed by atoms with Crippen molar-refractivity contribution >= 4 is 26.5 Å². The van der Waals surface area contributed by atoms with Crippen LogP contribution in [0.4, 0.5) is 13.2 Å². The molecule has 0 atom stereocenters. The molecule has 0 bridgehead atoms. The monoisotopic (exact) mass is 528 g/mol. The van der Waals surface area contributed by atoms with E-state index in [1.165, 1.54) is 30.5 Å². The second-order valence-corrected chi connectivity index (χ2v) is 10.5. The number of aromatic nitrogens is 1. The number of fused-ring (bicyclic) bond motifs is 1. The number of pyridine rings is 1. The van der Waals surface area contributed by atoms with E-state index in [2.05, 4.69) is 10.3 Å². The lowest BCUT2D eigenvalue weighted by molar-refractivity contribution is -0.137. The molecule has 1 aromatic heterocycles. The van der Waals surface area contributed by atoms with Crippen molar-refractivity contribution in [3.8, 4) is 5.88 Å². The Labute approximate surface area is 212 Å². The molecule has 3 aromatic carbocycles. The summed E-state index contributed by atoms with van der Waals surface area (Å²) in [6.07, 6.45) is -2.87. The topological polar surface area (TPSA) is 85.4 Å². The number of nitrogens with zero attached hydrogens (tertiary/aromatic N) is 1. The van der Waals surface area contributed by atoms with Crippen LogP contribution in [0.15, 0.2) is 83.9 Å². The standard InChI is InChI=1S/C27H23F3N2O4S/c1-2-37(34,35)23-10-5-18(6-11-23)16-32-25(33)21-7-12-24-20(15-21)13-14-31-26(24)36-17-19-3-8-22(9-4-19)27(28,29)30/h3-15H,2,16-17H2,1H3,(H,32,33). The molecule has 1 amide bonds. The Morgan fingerprint density at radius 2 is 1.62 bits per heavy atom. The first-order chi connectivity index (χ1) is 17.6. The van der Waals surface area contributed by atoms with E-state index in [9.17, 15) is 26.4 Å². The maximum absolute atomic E-state index is 12.7. The molecule has 10 heteroatoms. The molecule has 1 heterocycles. The molecule has 4 aromatic rings. The van der Waals surface area contributed by atoms with Crippen LogP contribution in [0.5, 0.6) is 5.88 Å². The molecule has 4 rings (SSSR count). The minimum Gasteiger partial charge on any atom is -0.472 e. The SMILES string of the molecule is CCS(=O)(=O)c1ccc(CNC(=O)c2ccc3c(OCc4ccc(C(F)(F)F)cc4)nccc3c2)cc1. The van der Waals surface area contributed by atoms with Gasteiger partial charge in [-0.3, -0.25) is 4.79 Å².